The summed E-state index contributed by atoms with van der Waals surface area (Å²) in [5, 5.41) is 6.87. The van der Waals surface area contributed by atoms with Crippen LogP contribution in [0.5, 0.6) is 0 Å². The maximum Gasteiger partial charge on any atom is 0.322 e. The molecule has 1 atom stereocenters. The van der Waals surface area contributed by atoms with Gasteiger partial charge in [-0.05, 0) is 24.1 Å². The van der Waals surface area contributed by atoms with Gasteiger partial charge in [0.15, 0.2) is 0 Å². The molecule has 0 aliphatic carbocycles. The van der Waals surface area contributed by atoms with Crippen molar-refractivity contribution < 1.29 is 4.79 Å². The summed E-state index contributed by atoms with van der Waals surface area (Å²) < 4.78 is 0. The topological polar surface area (TPSA) is 44.4 Å². The van der Waals surface area contributed by atoms with E-state index >= 15 is 0 Å². The van der Waals surface area contributed by atoms with Gasteiger partial charge in [0.1, 0.15) is 0 Å². The van der Waals surface area contributed by atoms with E-state index in [2.05, 4.69) is 24.5 Å². The lowest BCUT2D eigenvalue weighted by Crippen LogP contribution is -2.56. The van der Waals surface area contributed by atoms with Crippen molar-refractivity contribution in [1.82, 2.24) is 10.2 Å². The second kappa shape index (κ2) is 6.26. The van der Waals surface area contributed by atoms with Crippen molar-refractivity contribution in [3.63, 3.8) is 0 Å². The molecule has 1 fully saturated rings. The normalized spacial score (nSPS) is 19.6. The average molecular weight is 282 g/mol. The van der Waals surface area contributed by atoms with Crippen LogP contribution in [0, 0.1) is 5.92 Å². The Labute approximate surface area is 119 Å². The van der Waals surface area contributed by atoms with Crippen molar-refractivity contribution >= 4 is 23.3 Å². The molecule has 1 aromatic carbocycles. The minimum absolute atomic E-state index is 0.0533. The summed E-state index contributed by atoms with van der Waals surface area (Å²) >= 11 is 5.92. The quantitative estimate of drug-likeness (QED) is 0.875. The monoisotopic (exact) mass is 281 g/mol. The van der Waals surface area contributed by atoms with E-state index < -0.39 is 0 Å². The number of amides is 2. The summed E-state index contributed by atoms with van der Waals surface area (Å²) in [6.45, 7) is 6.69. The standard InChI is InChI=1S/C14H20ClN3O/c1-10(2)13-9-16-6-7-18(13)14(19)17-12-5-3-4-11(15)8-12/h3-5,8,10,13,16H,6-7,9H2,1-2H3,(H,17,19). The zero-order chi connectivity index (χ0) is 13.8. The highest BCUT2D eigenvalue weighted by Crippen LogP contribution is 2.18. The molecule has 1 heterocycles. The third-order valence-corrected chi connectivity index (χ3v) is 3.62. The Morgan fingerprint density at radius 2 is 2.32 bits per heavy atom. The zero-order valence-corrected chi connectivity index (χ0v) is 12.1. The Bertz CT molecular complexity index is 450. The van der Waals surface area contributed by atoms with E-state index in [4.69, 9.17) is 11.6 Å². The molecule has 5 heteroatoms. The lowest BCUT2D eigenvalue weighted by atomic mass is 10.0. The van der Waals surface area contributed by atoms with Gasteiger partial charge in [0.2, 0.25) is 0 Å². The molecule has 1 aliphatic heterocycles. The van der Waals surface area contributed by atoms with Crippen LogP contribution < -0.4 is 10.6 Å². The Kier molecular flexibility index (Phi) is 4.66. The molecule has 0 saturated carbocycles. The lowest BCUT2D eigenvalue weighted by Gasteiger charge is -2.38. The summed E-state index contributed by atoms with van der Waals surface area (Å²) in [5.41, 5.74) is 0.735. The van der Waals surface area contributed by atoms with Crippen molar-refractivity contribution in [2.45, 2.75) is 19.9 Å². The molecule has 0 aromatic heterocycles. The lowest BCUT2D eigenvalue weighted by molar-refractivity contribution is 0.147. The van der Waals surface area contributed by atoms with E-state index in [0.717, 1.165) is 25.3 Å². The van der Waals surface area contributed by atoms with E-state index in [0.29, 0.717) is 10.9 Å². The maximum atomic E-state index is 12.3. The van der Waals surface area contributed by atoms with Gasteiger partial charge in [-0.3, -0.25) is 0 Å². The van der Waals surface area contributed by atoms with Crippen LogP contribution in [0.15, 0.2) is 24.3 Å². The zero-order valence-electron chi connectivity index (χ0n) is 11.3. The molecule has 2 N–H and O–H groups in total. The number of anilines is 1. The summed E-state index contributed by atoms with van der Waals surface area (Å²) in [6, 6.07) is 7.40. The predicted molar refractivity (Wildman–Crippen MR) is 78.7 cm³/mol. The summed E-state index contributed by atoms with van der Waals surface area (Å²) in [6.07, 6.45) is 0. The number of carbonyl (C=O) groups is 1. The second-order valence-corrected chi connectivity index (χ2v) is 5.59. The number of hydrogen-bond donors (Lipinski definition) is 2. The molecule has 104 valence electrons. The van der Waals surface area contributed by atoms with Crippen LogP contribution in [-0.2, 0) is 0 Å². The minimum atomic E-state index is -0.0533. The highest BCUT2D eigenvalue weighted by Gasteiger charge is 2.28. The molecule has 0 bridgehead atoms. The Morgan fingerprint density at radius 1 is 1.53 bits per heavy atom. The highest BCUT2D eigenvalue weighted by atomic mass is 35.5. The molecule has 1 aromatic rings. The molecule has 0 radical (unpaired) electrons. The van der Waals surface area contributed by atoms with Gasteiger partial charge in [0.25, 0.3) is 0 Å². The first kappa shape index (κ1) is 14.2. The Balaban J connectivity index is 2.05. The first-order chi connectivity index (χ1) is 9.08. The van der Waals surface area contributed by atoms with Crippen molar-refractivity contribution in [2.75, 3.05) is 25.0 Å². The number of halogens is 1. The summed E-state index contributed by atoms with van der Waals surface area (Å²) in [7, 11) is 0. The molecule has 1 unspecified atom stereocenters. The molecule has 2 rings (SSSR count). The van der Waals surface area contributed by atoms with E-state index in [1.807, 2.05) is 17.0 Å². The number of nitrogens with zero attached hydrogens (tertiary/aromatic N) is 1. The molecule has 19 heavy (non-hydrogen) atoms. The summed E-state index contributed by atoms with van der Waals surface area (Å²) in [4.78, 5) is 14.2. The number of urea groups is 1. The third-order valence-electron chi connectivity index (χ3n) is 3.39. The molecular formula is C14H20ClN3O. The molecule has 1 aliphatic rings. The molecule has 1 saturated heterocycles. The van der Waals surface area contributed by atoms with Crippen molar-refractivity contribution in [2.24, 2.45) is 5.92 Å². The van der Waals surface area contributed by atoms with Crippen LogP contribution >= 0.6 is 11.6 Å². The first-order valence-electron chi connectivity index (χ1n) is 6.62. The fourth-order valence-electron chi connectivity index (χ4n) is 2.33. The molecule has 0 spiro atoms. The fraction of sp³-hybridized carbons (Fsp3) is 0.500. The Hall–Kier alpha value is -1.26. The van der Waals surface area contributed by atoms with Crippen LogP contribution in [-0.4, -0.2) is 36.6 Å². The van der Waals surface area contributed by atoms with Crippen LogP contribution in [0.1, 0.15) is 13.8 Å². The van der Waals surface area contributed by atoms with Crippen molar-refractivity contribution in [1.29, 1.82) is 0 Å². The van der Waals surface area contributed by atoms with Gasteiger partial charge in [-0.2, -0.15) is 0 Å². The largest absolute Gasteiger partial charge is 0.322 e. The van der Waals surface area contributed by atoms with E-state index in [9.17, 15) is 4.79 Å². The number of rotatable bonds is 2. The number of piperazine rings is 1. The third kappa shape index (κ3) is 3.61. The number of benzene rings is 1. The van der Waals surface area contributed by atoms with E-state index in [1.165, 1.54) is 0 Å². The highest BCUT2D eigenvalue weighted by molar-refractivity contribution is 6.30. The number of hydrogen-bond acceptors (Lipinski definition) is 2. The van der Waals surface area contributed by atoms with Gasteiger partial charge >= 0.3 is 6.03 Å². The fourth-order valence-corrected chi connectivity index (χ4v) is 2.53. The predicted octanol–water partition coefficient (Wildman–Crippen LogP) is 2.80. The van der Waals surface area contributed by atoms with E-state index in [1.54, 1.807) is 12.1 Å². The molecule has 4 nitrogen and oxygen atoms in total. The summed E-state index contributed by atoms with van der Waals surface area (Å²) in [5.74, 6) is 0.429. The smallest absolute Gasteiger partial charge is 0.319 e. The molecule has 2 amide bonds. The maximum absolute atomic E-state index is 12.3. The van der Waals surface area contributed by atoms with Gasteiger partial charge in [-0.15, -0.1) is 0 Å². The van der Waals surface area contributed by atoms with Crippen molar-refractivity contribution in [3.8, 4) is 0 Å². The van der Waals surface area contributed by atoms with Crippen LogP contribution in [0.25, 0.3) is 0 Å². The SMILES string of the molecule is CC(C)C1CNCCN1C(=O)Nc1cccc(Cl)c1. The number of nitrogens with one attached hydrogen (secondary N) is 2. The number of carbonyl (C=O) groups excluding carboxylic acids is 1. The minimum Gasteiger partial charge on any atom is -0.319 e. The molecular weight excluding hydrogens is 262 g/mol. The van der Waals surface area contributed by atoms with Gasteiger partial charge < -0.3 is 15.5 Å². The van der Waals surface area contributed by atoms with Crippen LogP contribution in [0.2, 0.25) is 5.02 Å². The van der Waals surface area contributed by atoms with Gasteiger partial charge in [0.05, 0.1) is 0 Å². The van der Waals surface area contributed by atoms with Crippen molar-refractivity contribution in [3.05, 3.63) is 29.3 Å². The second-order valence-electron chi connectivity index (χ2n) is 5.15. The van der Waals surface area contributed by atoms with E-state index in [-0.39, 0.29) is 12.1 Å². The van der Waals surface area contributed by atoms with Crippen LogP contribution in [0.3, 0.4) is 0 Å². The average Bonchev–Trinajstić information content (AvgIpc) is 2.38. The Morgan fingerprint density at radius 3 is 3.00 bits per heavy atom. The van der Waals surface area contributed by atoms with Gasteiger partial charge in [0, 0.05) is 36.4 Å². The first-order valence-corrected chi connectivity index (χ1v) is 6.99. The van der Waals surface area contributed by atoms with Crippen LogP contribution in [0.4, 0.5) is 10.5 Å². The van der Waals surface area contributed by atoms with Gasteiger partial charge in [-0.1, -0.05) is 31.5 Å². The van der Waals surface area contributed by atoms with Gasteiger partial charge in [-0.25, -0.2) is 4.79 Å².